The Kier molecular flexibility index (Phi) is 5.84. The summed E-state index contributed by atoms with van der Waals surface area (Å²) in [5.41, 5.74) is 1.75. The minimum Gasteiger partial charge on any atom is -0.497 e. The van der Waals surface area contributed by atoms with Gasteiger partial charge in [-0.3, -0.25) is 14.2 Å². The van der Waals surface area contributed by atoms with E-state index in [9.17, 15) is 9.59 Å². The maximum absolute atomic E-state index is 12.8. The Balaban J connectivity index is 1.91. The lowest BCUT2D eigenvalue weighted by atomic mass is 10.1. The summed E-state index contributed by atoms with van der Waals surface area (Å²) in [6, 6.07) is 21.7. The van der Waals surface area contributed by atoms with Crippen molar-refractivity contribution in [3.8, 4) is 5.75 Å². The molecule has 27 heavy (non-hydrogen) atoms. The molecule has 0 aliphatic rings. The monoisotopic (exact) mass is 360 g/mol. The maximum atomic E-state index is 12.8. The molecular weight excluding hydrogens is 340 g/mol. The van der Waals surface area contributed by atoms with Gasteiger partial charge in [0.05, 0.1) is 7.11 Å². The number of carbonyl (C=O) groups is 1. The molecule has 0 saturated carbocycles. The number of pyridine rings is 1. The molecule has 3 aromatic rings. The number of nitrogens with one attached hydrogen (secondary N) is 1. The lowest BCUT2D eigenvalue weighted by Crippen LogP contribution is -2.30. The molecule has 2 aromatic carbocycles. The molecule has 0 spiro atoms. The lowest BCUT2D eigenvalue weighted by molar-refractivity contribution is -0.116. The van der Waals surface area contributed by atoms with E-state index in [1.54, 1.807) is 43.6 Å². The van der Waals surface area contributed by atoms with Crippen molar-refractivity contribution in [2.45, 2.75) is 6.54 Å². The zero-order chi connectivity index (χ0) is 19.1. The molecule has 0 atom stereocenters. The zero-order valence-corrected chi connectivity index (χ0v) is 15.0. The molecule has 1 N–H and O–H groups in total. The molecular formula is C22H20N2O3. The fourth-order valence-electron chi connectivity index (χ4n) is 2.60. The Morgan fingerprint density at radius 1 is 1.00 bits per heavy atom. The Bertz CT molecular complexity index is 990. The second-order valence-electron chi connectivity index (χ2n) is 5.88. The summed E-state index contributed by atoms with van der Waals surface area (Å²) < 4.78 is 6.50. The van der Waals surface area contributed by atoms with Crippen LogP contribution >= 0.6 is 0 Å². The number of aromatic nitrogens is 1. The molecule has 0 unspecified atom stereocenters. The first-order valence-electron chi connectivity index (χ1n) is 8.53. The number of carbonyl (C=O) groups excluding carboxylic acids is 1. The van der Waals surface area contributed by atoms with Crippen LogP contribution in [0.5, 0.6) is 5.75 Å². The number of hydrogen-bond acceptors (Lipinski definition) is 3. The van der Waals surface area contributed by atoms with Gasteiger partial charge in [-0.15, -0.1) is 0 Å². The van der Waals surface area contributed by atoms with Gasteiger partial charge in [0.1, 0.15) is 11.4 Å². The van der Waals surface area contributed by atoms with Gasteiger partial charge in [0, 0.05) is 18.8 Å². The molecule has 1 amide bonds. The summed E-state index contributed by atoms with van der Waals surface area (Å²) in [6.07, 6.45) is 3.26. The Labute approximate surface area is 157 Å². The van der Waals surface area contributed by atoms with E-state index in [1.807, 2.05) is 42.5 Å². The summed E-state index contributed by atoms with van der Waals surface area (Å²) in [7, 11) is 1.59. The predicted molar refractivity (Wildman–Crippen MR) is 106 cm³/mol. The van der Waals surface area contributed by atoms with Gasteiger partial charge in [0.15, 0.2) is 0 Å². The van der Waals surface area contributed by atoms with Crippen molar-refractivity contribution >= 4 is 17.7 Å². The average molecular weight is 360 g/mol. The summed E-state index contributed by atoms with van der Waals surface area (Å²) in [6.45, 7) is 0.376. The van der Waals surface area contributed by atoms with E-state index >= 15 is 0 Å². The van der Waals surface area contributed by atoms with Crippen molar-refractivity contribution in [2.24, 2.45) is 0 Å². The van der Waals surface area contributed by atoms with Crippen molar-refractivity contribution in [1.82, 2.24) is 9.88 Å². The summed E-state index contributed by atoms with van der Waals surface area (Å²) in [5, 5.41) is 2.88. The van der Waals surface area contributed by atoms with E-state index in [0.717, 1.165) is 16.9 Å². The number of amides is 1. The molecule has 0 aliphatic heterocycles. The highest BCUT2D eigenvalue weighted by Gasteiger charge is 2.13. The van der Waals surface area contributed by atoms with Crippen LogP contribution in [0.15, 0.2) is 83.8 Å². The van der Waals surface area contributed by atoms with E-state index in [0.29, 0.717) is 6.54 Å². The van der Waals surface area contributed by atoms with Gasteiger partial charge < -0.3 is 10.1 Å². The van der Waals surface area contributed by atoms with Gasteiger partial charge in [-0.05, 0) is 35.4 Å². The highest BCUT2D eigenvalue weighted by atomic mass is 16.5. The van der Waals surface area contributed by atoms with Gasteiger partial charge in [-0.25, -0.2) is 0 Å². The van der Waals surface area contributed by atoms with Crippen LogP contribution in [0.25, 0.3) is 11.8 Å². The second kappa shape index (κ2) is 8.67. The highest BCUT2D eigenvalue weighted by Crippen LogP contribution is 2.15. The number of ether oxygens (including phenoxy) is 1. The SMILES string of the molecule is COc1ccc(/C=C(\C(=O)NCc2ccccc2)n2ccccc2=O)cc1. The molecule has 0 radical (unpaired) electrons. The van der Waals surface area contributed by atoms with Crippen LogP contribution in [0.4, 0.5) is 0 Å². The van der Waals surface area contributed by atoms with Gasteiger partial charge >= 0.3 is 0 Å². The molecule has 1 heterocycles. The minimum absolute atomic E-state index is 0.252. The Morgan fingerprint density at radius 2 is 1.70 bits per heavy atom. The number of hydrogen-bond donors (Lipinski definition) is 1. The fourth-order valence-corrected chi connectivity index (χ4v) is 2.60. The highest BCUT2D eigenvalue weighted by molar-refractivity contribution is 6.18. The predicted octanol–water partition coefficient (Wildman–Crippen LogP) is 3.17. The topological polar surface area (TPSA) is 60.3 Å². The average Bonchev–Trinajstić information content (AvgIpc) is 2.72. The van der Waals surface area contributed by atoms with Crippen LogP contribution in [0, 0.1) is 0 Å². The molecule has 0 aliphatic carbocycles. The zero-order valence-electron chi connectivity index (χ0n) is 15.0. The quantitative estimate of drug-likeness (QED) is 0.687. The summed E-state index contributed by atoms with van der Waals surface area (Å²) in [5.74, 6) is 0.391. The van der Waals surface area contributed by atoms with Crippen LogP contribution in [0.1, 0.15) is 11.1 Å². The molecule has 0 bridgehead atoms. The van der Waals surface area contributed by atoms with Crippen LogP contribution in [0.3, 0.4) is 0 Å². The van der Waals surface area contributed by atoms with E-state index in [2.05, 4.69) is 5.32 Å². The van der Waals surface area contributed by atoms with Gasteiger partial charge in [-0.2, -0.15) is 0 Å². The van der Waals surface area contributed by atoms with Crippen molar-refractivity contribution < 1.29 is 9.53 Å². The maximum Gasteiger partial charge on any atom is 0.268 e. The van der Waals surface area contributed by atoms with Crippen molar-refractivity contribution in [2.75, 3.05) is 7.11 Å². The van der Waals surface area contributed by atoms with Crippen molar-refractivity contribution in [3.63, 3.8) is 0 Å². The first-order chi connectivity index (χ1) is 13.2. The van der Waals surface area contributed by atoms with E-state index in [-0.39, 0.29) is 17.2 Å². The first-order valence-corrected chi connectivity index (χ1v) is 8.53. The number of rotatable bonds is 6. The number of nitrogens with zero attached hydrogens (tertiary/aromatic N) is 1. The van der Waals surface area contributed by atoms with Crippen molar-refractivity contribution in [3.05, 3.63) is 100 Å². The number of methoxy groups -OCH3 is 1. The van der Waals surface area contributed by atoms with Crippen LogP contribution < -0.4 is 15.6 Å². The van der Waals surface area contributed by atoms with E-state index in [1.165, 1.54) is 10.6 Å². The molecule has 1 aromatic heterocycles. The summed E-state index contributed by atoms with van der Waals surface area (Å²) in [4.78, 5) is 25.1. The van der Waals surface area contributed by atoms with E-state index in [4.69, 9.17) is 4.74 Å². The Hall–Kier alpha value is -3.60. The molecule has 5 nitrogen and oxygen atoms in total. The standard InChI is InChI=1S/C22H20N2O3/c1-27-19-12-10-17(11-13-19)15-20(24-14-6-5-9-21(24)25)22(26)23-16-18-7-3-2-4-8-18/h2-15H,16H2,1H3,(H,23,26)/b20-15+. The van der Waals surface area contributed by atoms with Crippen molar-refractivity contribution in [1.29, 1.82) is 0 Å². The molecule has 0 fully saturated rings. The first kappa shape index (κ1) is 18.2. The van der Waals surface area contributed by atoms with Gasteiger partial charge in [0.2, 0.25) is 0 Å². The third-order valence-electron chi connectivity index (χ3n) is 4.03. The van der Waals surface area contributed by atoms with Crippen LogP contribution in [0.2, 0.25) is 0 Å². The largest absolute Gasteiger partial charge is 0.497 e. The normalized spacial score (nSPS) is 11.1. The Morgan fingerprint density at radius 3 is 2.37 bits per heavy atom. The third kappa shape index (κ3) is 4.73. The molecule has 136 valence electrons. The van der Waals surface area contributed by atoms with E-state index < -0.39 is 0 Å². The molecule has 0 saturated heterocycles. The molecule has 5 heteroatoms. The third-order valence-corrected chi connectivity index (χ3v) is 4.03. The number of benzene rings is 2. The fraction of sp³-hybridized carbons (Fsp3) is 0.0909. The van der Waals surface area contributed by atoms with Gasteiger partial charge in [0.25, 0.3) is 11.5 Å². The lowest BCUT2D eigenvalue weighted by Gasteiger charge is -2.12. The van der Waals surface area contributed by atoms with Gasteiger partial charge in [-0.1, -0.05) is 48.5 Å². The smallest absolute Gasteiger partial charge is 0.268 e. The van der Waals surface area contributed by atoms with Crippen LogP contribution in [-0.2, 0) is 11.3 Å². The van der Waals surface area contributed by atoms with Crippen LogP contribution in [-0.4, -0.2) is 17.6 Å². The summed E-state index contributed by atoms with van der Waals surface area (Å²) >= 11 is 0. The minimum atomic E-state index is -0.331. The second-order valence-corrected chi connectivity index (χ2v) is 5.88. The molecule has 3 rings (SSSR count).